The highest BCUT2D eigenvalue weighted by Gasteiger charge is 2.36. The number of β-amino-alcohol motifs (C(OH)–C–C–N with tert-alkyl or cyclic N) is 1. The maximum atomic E-state index is 9.87. The molecule has 0 aliphatic carbocycles. The Morgan fingerprint density at radius 1 is 1.71 bits per heavy atom. The summed E-state index contributed by atoms with van der Waals surface area (Å²) < 4.78 is 0. The average molecular weight is 257 g/mol. The molecule has 1 saturated heterocycles. The molecule has 0 saturated carbocycles. The Morgan fingerprint density at radius 3 is 3.06 bits per heavy atom. The first-order chi connectivity index (χ1) is 8.01. The van der Waals surface area contributed by atoms with E-state index in [1.807, 2.05) is 12.4 Å². The van der Waals surface area contributed by atoms with E-state index < -0.39 is 11.7 Å². The van der Waals surface area contributed by atoms with E-state index in [9.17, 15) is 10.2 Å². The van der Waals surface area contributed by atoms with Crippen LogP contribution >= 0.6 is 11.3 Å². The third-order valence-electron chi connectivity index (χ3n) is 3.23. The highest BCUT2D eigenvalue weighted by Crippen LogP contribution is 2.24. The van der Waals surface area contributed by atoms with E-state index in [1.54, 1.807) is 18.3 Å². The van der Waals surface area contributed by atoms with E-state index in [0.29, 0.717) is 13.0 Å². The van der Waals surface area contributed by atoms with Gasteiger partial charge in [0.2, 0.25) is 0 Å². The largest absolute Gasteiger partial charge is 0.389 e. The summed E-state index contributed by atoms with van der Waals surface area (Å²) in [6.07, 6.45) is -0.0874. The predicted molar refractivity (Wildman–Crippen MR) is 68.2 cm³/mol. The second-order valence-electron chi connectivity index (χ2n) is 4.75. The number of hydrogen-bond acceptors (Lipinski definition) is 6. The first kappa shape index (κ1) is 12.8. The number of nitrogens with zero attached hydrogens (tertiary/aromatic N) is 2. The van der Waals surface area contributed by atoms with Crippen molar-refractivity contribution in [3.8, 4) is 0 Å². The third-order valence-corrected chi connectivity index (χ3v) is 4.14. The minimum Gasteiger partial charge on any atom is -0.389 e. The summed E-state index contributed by atoms with van der Waals surface area (Å²) in [4.78, 5) is 6.53. The zero-order valence-electron chi connectivity index (χ0n) is 10.2. The smallest absolute Gasteiger partial charge is 0.182 e. The van der Waals surface area contributed by atoms with E-state index in [4.69, 9.17) is 0 Å². The molecular weight excluding hydrogens is 238 g/mol. The molecule has 1 aromatic rings. The van der Waals surface area contributed by atoms with Crippen LogP contribution in [0.2, 0.25) is 0 Å². The van der Waals surface area contributed by atoms with Gasteiger partial charge in [-0.2, -0.15) is 0 Å². The SMILES string of the molecule is CNc1nc(CN2CC[C@@](C)(O)[C@@H](O)C2)cs1. The van der Waals surface area contributed by atoms with Gasteiger partial charge in [-0.05, 0) is 13.3 Å². The molecule has 2 atom stereocenters. The van der Waals surface area contributed by atoms with E-state index in [-0.39, 0.29) is 0 Å². The molecule has 0 bridgehead atoms. The van der Waals surface area contributed by atoms with Crippen LogP contribution in [-0.4, -0.2) is 51.9 Å². The number of hydrogen-bond donors (Lipinski definition) is 3. The topological polar surface area (TPSA) is 68.6 Å². The van der Waals surface area contributed by atoms with Gasteiger partial charge in [-0.15, -0.1) is 11.3 Å². The summed E-state index contributed by atoms with van der Waals surface area (Å²) >= 11 is 1.58. The van der Waals surface area contributed by atoms with Crippen LogP contribution in [0.4, 0.5) is 5.13 Å². The molecule has 0 radical (unpaired) electrons. The van der Waals surface area contributed by atoms with Crippen LogP contribution < -0.4 is 5.32 Å². The standard InChI is InChI=1S/C11H19N3O2S/c1-11(16)3-4-14(6-9(11)15)5-8-7-17-10(12-2)13-8/h7,9,15-16H,3-6H2,1-2H3,(H,12,13)/t9-,11+/m0/s1. The molecule has 5 nitrogen and oxygen atoms in total. The minimum absolute atomic E-state index is 0.499. The fraction of sp³-hybridized carbons (Fsp3) is 0.727. The van der Waals surface area contributed by atoms with Crippen molar-refractivity contribution in [3.05, 3.63) is 11.1 Å². The fourth-order valence-electron chi connectivity index (χ4n) is 1.95. The van der Waals surface area contributed by atoms with Crippen molar-refractivity contribution in [3.63, 3.8) is 0 Å². The van der Waals surface area contributed by atoms with Gasteiger partial charge >= 0.3 is 0 Å². The van der Waals surface area contributed by atoms with Crippen molar-refractivity contribution < 1.29 is 10.2 Å². The number of aliphatic hydroxyl groups excluding tert-OH is 1. The molecule has 17 heavy (non-hydrogen) atoms. The summed E-state index contributed by atoms with van der Waals surface area (Å²) in [7, 11) is 1.85. The Labute approximate surface area is 105 Å². The monoisotopic (exact) mass is 257 g/mol. The molecule has 6 heteroatoms. The predicted octanol–water partition coefficient (Wildman–Crippen LogP) is 0.502. The van der Waals surface area contributed by atoms with Crippen LogP contribution in [0.3, 0.4) is 0 Å². The first-order valence-electron chi connectivity index (χ1n) is 5.76. The minimum atomic E-state index is -0.950. The third kappa shape index (κ3) is 2.95. The summed E-state index contributed by atoms with van der Waals surface area (Å²) in [5.74, 6) is 0. The van der Waals surface area contributed by atoms with Crippen LogP contribution in [0.25, 0.3) is 0 Å². The number of piperidine rings is 1. The van der Waals surface area contributed by atoms with Crippen molar-refractivity contribution in [2.24, 2.45) is 0 Å². The highest BCUT2D eigenvalue weighted by molar-refractivity contribution is 7.13. The van der Waals surface area contributed by atoms with Crippen LogP contribution in [0.15, 0.2) is 5.38 Å². The molecule has 96 valence electrons. The molecule has 0 unspecified atom stereocenters. The molecule has 0 spiro atoms. The summed E-state index contributed by atoms with van der Waals surface area (Å²) in [5, 5.41) is 25.6. The molecule has 1 aromatic heterocycles. The van der Waals surface area contributed by atoms with Gasteiger partial charge in [0.15, 0.2) is 5.13 Å². The number of thiazole rings is 1. The van der Waals surface area contributed by atoms with Crippen molar-refractivity contribution in [1.29, 1.82) is 0 Å². The van der Waals surface area contributed by atoms with Crippen LogP contribution in [0.1, 0.15) is 19.0 Å². The summed E-state index contributed by atoms with van der Waals surface area (Å²) in [5.41, 5.74) is 0.0578. The molecule has 3 N–H and O–H groups in total. The van der Waals surface area contributed by atoms with Gasteiger partial charge < -0.3 is 15.5 Å². The number of aromatic nitrogens is 1. The van der Waals surface area contributed by atoms with Crippen molar-refractivity contribution >= 4 is 16.5 Å². The molecule has 2 rings (SSSR count). The zero-order valence-corrected chi connectivity index (χ0v) is 11.0. The average Bonchev–Trinajstić information content (AvgIpc) is 2.72. The molecule has 0 amide bonds. The molecule has 1 fully saturated rings. The molecule has 0 aromatic carbocycles. The lowest BCUT2D eigenvalue weighted by atomic mass is 9.91. The Hall–Kier alpha value is -0.690. The van der Waals surface area contributed by atoms with Gasteiger partial charge in [0.05, 0.1) is 17.4 Å². The zero-order chi connectivity index (χ0) is 12.5. The maximum absolute atomic E-state index is 9.87. The quantitative estimate of drug-likeness (QED) is 0.736. The second-order valence-corrected chi connectivity index (χ2v) is 5.61. The Kier molecular flexibility index (Phi) is 3.67. The van der Waals surface area contributed by atoms with Crippen LogP contribution in [0.5, 0.6) is 0 Å². The van der Waals surface area contributed by atoms with Crippen molar-refractivity contribution in [2.75, 3.05) is 25.5 Å². The molecule has 2 heterocycles. The van der Waals surface area contributed by atoms with Gasteiger partial charge in [-0.3, -0.25) is 4.90 Å². The normalized spacial score (nSPS) is 30.5. The van der Waals surface area contributed by atoms with Crippen molar-refractivity contribution in [2.45, 2.75) is 31.6 Å². The van der Waals surface area contributed by atoms with Gasteiger partial charge in [-0.1, -0.05) is 0 Å². The van der Waals surface area contributed by atoms with Crippen LogP contribution in [-0.2, 0) is 6.54 Å². The Balaban J connectivity index is 1.92. The number of nitrogens with one attached hydrogen (secondary N) is 1. The second kappa shape index (κ2) is 4.89. The number of aliphatic hydroxyl groups is 2. The first-order valence-corrected chi connectivity index (χ1v) is 6.64. The lowest BCUT2D eigenvalue weighted by molar-refractivity contribution is -0.108. The Bertz CT molecular complexity index is 381. The summed E-state index contributed by atoms with van der Waals surface area (Å²) in [6, 6.07) is 0. The summed E-state index contributed by atoms with van der Waals surface area (Å²) in [6.45, 7) is 3.71. The van der Waals surface area contributed by atoms with E-state index in [2.05, 4.69) is 15.2 Å². The number of anilines is 1. The molecular formula is C11H19N3O2S. The van der Waals surface area contributed by atoms with E-state index in [1.165, 1.54) is 0 Å². The number of rotatable bonds is 3. The maximum Gasteiger partial charge on any atom is 0.182 e. The van der Waals surface area contributed by atoms with Gasteiger partial charge in [0.25, 0.3) is 0 Å². The van der Waals surface area contributed by atoms with Gasteiger partial charge in [-0.25, -0.2) is 4.98 Å². The molecule has 1 aliphatic heterocycles. The lowest BCUT2D eigenvalue weighted by Crippen LogP contribution is -2.53. The van der Waals surface area contributed by atoms with Crippen LogP contribution in [0, 0.1) is 0 Å². The van der Waals surface area contributed by atoms with E-state index >= 15 is 0 Å². The highest BCUT2D eigenvalue weighted by atomic mass is 32.1. The molecule has 1 aliphatic rings. The van der Waals surface area contributed by atoms with E-state index in [0.717, 1.165) is 23.9 Å². The number of likely N-dealkylation sites (tertiary alicyclic amines) is 1. The van der Waals surface area contributed by atoms with Gasteiger partial charge in [0, 0.05) is 32.1 Å². The van der Waals surface area contributed by atoms with Gasteiger partial charge in [0.1, 0.15) is 0 Å². The fourth-order valence-corrected chi connectivity index (χ4v) is 2.61. The lowest BCUT2D eigenvalue weighted by Gasteiger charge is -2.39. The Morgan fingerprint density at radius 2 is 2.47 bits per heavy atom. The van der Waals surface area contributed by atoms with Crippen molar-refractivity contribution in [1.82, 2.24) is 9.88 Å².